The van der Waals surface area contributed by atoms with Crippen LogP contribution in [-0.2, 0) is 4.79 Å². The fraction of sp³-hybridized carbons (Fsp3) is 0.125. The van der Waals surface area contributed by atoms with Crippen molar-refractivity contribution in [2.45, 2.75) is 13.0 Å². The summed E-state index contributed by atoms with van der Waals surface area (Å²) in [4.78, 5) is 24.8. The SMILES string of the molecule is CC(C(=O)Nc1cccc(Br)c1)n1nnc2ccccc2c1=O. The molecule has 3 aromatic rings. The molecule has 0 aliphatic heterocycles. The molecule has 7 heteroatoms. The summed E-state index contributed by atoms with van der Waals surface area (Å²) in [5.74, 6) is -0.338. The fourth-order valence-corrected chi connectivity index (χ4v) is 2.58. The molecule has 1 heterocycles. The van der Waals surface area contributed by atoms with Gasteiger partial charge in [-0.05, 0) is 37.3 Å². The molecular weight excluding hydrogens is 360 g/mol. The smallest absolute Gasteiger partial charge is 0.278 e. The number of carbonyl (C=O) groups is 1. The number of aromatic nitrogens is 3. The molecule has 0 radical (unpaired) electrons. The van der Waals surface area contributed by atoms with Crippen LogP contribution in [0.4, 0.5) is 5.69 Å². The van der Waals surface area contributed by atoms with Crippen LogP contribution in [0.25, 0.3) is 10.9 Å². The Morgan fingerprint density at radius 3 is 2.78 bits per heavy atom. The number of benzene rings is 2. The number of carbonyl (C=O) groups excluding carboxylic acids is 1. The minimum absolute atomic E-state index is 0.338. The molecule has 1 amide bonds. The van der Waals surface area contributed by atoms with Gasteiger partial charge in [0.15, 0.2) is 0 Å². The Labute approximate surface area is 140 Å². The van der Waals surface area contributed by atoms with Gasteiger partial charge in [-0.15, -0.1) is 5.10 Å². The van der Waals surface area contributed by atoms with Crippen molar-refractivity contribution < 1.29 is 4.79 Å². The van der Waals surface area contributed by atoms with E-state index < -0.39 is 6.04 Å². The van der Waals surface area contributed by atoms with E-state index in [9.17, 15) is 9.59 Å². The maximum Gasteiger partial charge on any atom is 0.278 e. The summed E-state index contributed by atoms with van der Waals surface area (Å²) in [6.45, 7) is 1.61. The van der Waals surface area contributed by atoms with Gasteiger partial charge in [-0.2, -0.15) is 4.68 Å². The maximum atomic E-state index is 12.5. The third-order valence-corrected chi connectivity index (χ3v) is 3.92. The second kappa shape index (κ2) is 6.29. The molecule has 23 heavy (non-hydrogen) atoms. The molecule has 0 saturated carbocycles. The van der Waals surface area contributed by atoms with Gasteiger partial charge < -0.3 is 5.32 Å². The first-order valence-corrected chi connectivity index (χ1v) is 7.76. The van der Waals surface area contributed by atoms with Gasteiger partial charge in [0.2, 0.25) is 5.91 Å². The number of fused-ring (bicyclic) bond motifs is 1. The molecule has 1 atom stereocenters. The van der Waals surface area contributed by atoms with Crippen LogP contribution in [-0.4, -0.2) is 20.9 Å². The summed E-state index contributed by atoms with van der Waals surface area (Å²) in [5, 5.41) is 11.1. The molecule has 0 spiro atoms. The highest BCUT2D eigenvalue weighted by molar-refractivity contribution is 9.10. The molecule has 0 aliphatic rings. The Balaban J connectivity index is 1.90. The maximum absolute atomic E-state index is 12.5. The predicted octanol–water partition coefficient (Wildman–Crippen LogP) is 2.75. The van der Waals surface area contributed by atoms with E-state index in [1.165, 1.54) is 0 Å². The first-order chi connectivity index (χ1) is 11.1. The highest BCUT2D eigenvalue weighted by Crippen LogP contribution is 2.17. The summed E-state index contributed by atoms with van der Waals surface area (Å²) in [6.07, 6.45) is 0. The van der Waals surface area contributed by atoms with Crippen molar-refractivity contribution in [1.29, 1.82) is 0 Å². The molecule has 0 saturated heterocycles. The number of amides is 1. The molecule has 6 nitrogen and oxygen atoms in total. The van der Waals surface area contributed by atoms with Gasteiger partial charge in [-0.1, -0.05) is 39.3 Å². The monoisotopic (exact) mass is 372 g/mol. The largest absolute Gasteiger partial charge is 0.324 e. The van der Waals surface area contributed by atoms with Crippen LogP contribution in [0.2, 0.25) is 0 Å². The molecule has 1 unspecified atom stereocenters. The lowest BCUT2D eigenvalue weighted by atomic mass is 10.2. The molecule has 0 aliphatic carbocycles. The summed E-state index contributed by atoms with van der Waals surface area (Å²) in [7, 11) is 0. The van der Waals surface area contributed by atoms with Crippen molar-refractivity contribution >= 4 is 38.4 Å². The van der Waals surface area contributed by atoms with E-state index in [1.807, 2.05) is 12.1 Å². The zero-order valence-corrected chi connectivity index (χ0v) is 13.8. The topological polar surface area (TPSA) is 76.9 Å². The van der Waals surface area contributed by atoms with E-state index in [1.54, 1.807) is 43.3 Å². The second-order valence-corrected chi connectivity index (χ2v) is 5.95. The first-order valence-electron chi connectivity index (χ1n) is 6.97. The minimum Gasteiger partial charge on any atom is -0.324 e. The van der Waals surface area contributed by atoms with Gasteiger partial charge in [0.25, 0.3) is 5.56 Å². The number of hydrogen-bond donors (Lipinski definition) is 1. The van der Waals surface area contributed by atoms with Crippen LogP contribution in [0.5, 0.6) is 0 Å². The Hall–Kier alpha value is -2.54. The molecule has 1 N–H and O–H groups in total. The fourth-order valence-electron chi connectivity index (χ4n) is 2.18. The molecule has 3 rings (SSSR count). The van der Waals surface area contributed by atoms with E-state index in [2.05, 4.69) is 31.6 Å². The highest BCUT2D eigenvalue weighted by atomic mass is 79.9. The van der Waals surface area contributed by atoms with Gasteiger partial charge in [0.1, 0.15) is 11.6 Å². The zero-order valence-electron chi connectivity index (χ0n) is 12.2. The third kappa shape index (κ3) is 3.14. The number of hydrogen-bond acceptors (Lipinski definition) is 4. The quantitative estimate of drug-likeness (QED) is 0.766. The van der Waals surface area contributed by atoms with E-state index in [4.69, 9.17) is 0 Å². The number of nitrogens with one attached hydrogen (secondary N) is 1. The Morgan fingerprint density at radius 1 is 1.22 bits per heavy atom. The van der Waals surface area contributed by atoms with Crippen molar-refractivity contribution in [3.8, 4) is 0 Å². The van der Waals surface area contributed by atoms with Gasteiger partial charge in [0, 0.05) is 10.2 Å². The van der Waals surface area contributed by atoms with E-state index in [-0.39, 0.29) is 11.5 Å². The zero-order chi connectivity index (χ0) is 16.4. The van der Waals surface area contributed by atoms with Crippen LogP contribution in [0.3, 0.4) is 0 Å². The number of halogens is 1. The Kier molecular flexibility index (Phi) is 4.20. The van der Waals surface area contributed by atoms with Crippen molar-refractivity contribution in [2.24, 2.45) is 0 Å². The summed E-state index contributed by atoms with van der Waals surface area (Å²) in [6, 6.07) is 13.3. The Bertz CT molecular complexity index is 939. The average Bonchev–Trinajstić information content (AvgIpc) is 2.55. The van der Waals surface area contributed by atoms with Crippen molar-refractivity contribution in [3.63, 3.8) is 0 Å². The highest BCUT2D eigenvalue weighted by Gasteiger charge is 2.19. The van der Waals surface area contributed by atoms with Gasteiger partial charge in [0.05, 0.1) is 5.39 Å². The number of anilines is 1. The molecule has 0 bridgehead atoms. The van der Waals surface area contributed by atoms with Crippen molar-refractivity contribution in [3.05, 3.63) is 63.4 Å². The third-order valence-electron chi connectivity index (χ3n) is 3.43. The summed E-state index contributed by atoms with van der Waals surface area (Å²) >= 11 is 3.34. The second-order valence-electron chi connectivity index (χ2n) is 5.03. The average molecular weight is 373 g/mol. The number of nitrogens with zero attached hydrogens (tertiary/aromatic N) is 3. The summed E-state index contributed by atoms with van der Waals surface area (Å²) in [5.41, 5.74) is 0.805. The van der Waals surface area contributed by atoms with Crippen molar-refractivity contribution in [2.75, 3.05) is 5.32 Å². The summed E-state index contributed by atoms with van der Waals surface area (Å²) < 4.78 is 1.95. The standard InChI is InChI=1S/C16H13BrN4O2/c1-10(15(22)18-12-6-4-5-11(17)9-12)21-16(23)13-7-2-3-8-14(13)19-20-21/h2-10H,1H3,(H,18,22). The van der Waals surface area contributed by atoms with E-state index in [0.29, 0.717) is 16.6 Å². The van der Waals surface area contributed by atoms with Gasteiger partial charge >= 0.3 is 0 Å². The molecule has 1 aromatic heterocycles. The van der Waals surface area contributed by atoms with Crippen LogP contribution in [0.1, 0.15) is 13.0 Å². The van der Waals surface area contributed by atoms with Crippen LogP contribution < -0.4 is 10.9 Å². The molecular formula is C16H13BrN4O2. The molecule has 2 aromatic carbocycles. The van der Waals surface area contributed by atoms with Gasteiger partial charge in [-0.3, -0.25) is 9.59 Å². The number of rotatable bonds is 3. The van der Waals surface area contributed by atoms with Crippen LogP contribution in [0.15, 0.2) is 57.8 Å². The normalized spacial score (nSPS) is 12.1. The predicted molar refractivity (Wildman–Crippen MR) is 91.3 cm³/mol. The van der Waals surface area contributed by atoms with Crippen molar-refractivity contribution in [1.82, 2.24) is 15.0 Å². The van der Waals surface area contributed by atoms with Crippen LogP contribution in [0, 0.1) is 0 Å². The Morgan fingerprint density at radius 2 is 2.00 bits per heavy atom. The molecule has 116 valence electrons. The lowest BCUT2D eigenvalue weighted by molar-refractivity contribution is -0.119. The van der Waals surface area contributed by atoms with Gasteiger partial charge in [-0.25, -0.2) is 0 Å². The minimum atomic E-state index is -0.779. The lowest BCUT2D eigenvalue weighted by Crippen LogP contribution is -2.34. The molecule has 0 fully saturated rings. The van der Waals surface area contributed by atoms with E-state index in [0.717, 1.165) is 9.15 Å². The first kappa shape index (κ1) is 15.4. The van der Waals surface area contributed by atoms with Crippen LogP contribution >= 0.6 is 15.9 Å². The van der Waals surface area contributed by atoms with E-state index >= 15 is 0 Å². The lowest BCUT2D eigenvalue weighted by Gasteiger charge is -2.13.